The van der Waals surface area contributed by atoms with Crippen molar-refractivity contribution in [2.24, 2.45) is 0 Å². The molecule has 1 saturated heterocycles. The standard InChI is InChI=1S/C12H18N2O2S/c15-12(16-10-11-3-1-8-17-11)9-14-6-2-4-13-5-7-14/h1,3,8,13H,2,4-7,9-10H2. The lowest BCUT2D eigenvalue weighted by atomic mass is 10.4. The molecule has 1 N–H and O–H groups in total. The number of hydrogen-bond acceptors (Lipinski definition) is 5. The highest BCUT2D eigenvalue weighted by Crippen LogP contribution is 2.09. The van der Waals surface area contributed by atoms with Gasteiger partial charge in [0.1, 0.15) is 6.61 Å². The lowest BCUT2D eigenvalue weighted by molar-refractivity contribution is -0.146. The molecular formula is C12H18N2O2S. The highest BCUT2D eigenvalue weighted by molar-refractivity contribution is 7.09. The minimum absolute atomic E-state index is 0.125. The zero-order valence-corrected chi connectivity index (χ0v) is 10.7. The summed E-state index contributed by atoms with van der Waals surface area (Å²) in [7, 11) is 0. The summed E-state index contributed by atoms with van der Waals surface area (Å²) in [5.41, 5.74) is 0. The average molecular weight is 254 g/mol. The van der Waals surface area contributed by atoms with Crippen molar-refractivity contribution in [2.75, 3.05) is 32.7 Å². The molecule has 1 aliphatic rings. The molecule has 0 atom stereocenters. The quantitative estimate of drug-likeness (QED) is 0.817. The monoisotopic (exact) mass is 254 g/mol. The molecule has 0 aliphatic carbocycles. The number of rotatable bonds is 4. The van der Waals surface area contributed by atoms with Crippen LogP contribution >= 0.6 is 11.3 Å². The van der Waals surface area contributed by atoms with Crippen LogP contribution in [-0.2, 0) is 16.1 Å². The van der Waals surface area contributed by atoms with Crippen molar-refractivity contribution in [1.82, 2.24) is 10.2 Å². The van der Waals surface area contributed by atoms with Crippen molar-refractivity contribution in [3.05, 3.63) is 22.4 Å². The van der Waals surface area contributed by atoms with Crippen LogP contribution in [-0.4, -0.2) is 43.6 Å². The number of nitrogens with zero attached hydrogens (tertiary/aromatic N) is 1. The average Bonchev–Trinajstić information content (AvgIpc) is 2.72. The van der Waals surface area contributed by atoms with Crippen LogP contribution < -0.4 is 5.32 Å². The van der Waals surface area contributed by atoms with Gasteiger partial charge >= 0.3 is 5.97 Å². The van der Waals surface area contributed by atoms with E-state index in [0.717, 1.165) is 37.5 Å². The molecule has 0 bridgehead atoms. The SMILES string of the molecule is O=C(CN1CCCNCC1)OCc1cccs1. The van der Waals surface area contributed by atoms with E-state index in [4.69, 9.17) is 4.74 Å². The number of thiophene rings is 1. The minimum Gasteiger partial charge on any atom is -0.459 e. The smallest absolute Gasteiger partial charge is 0.320 e. The zero-order valence-electron chi connectivity index (χ0n) is 9.85. The highest BCUT2D eigenvalue weighted by atomic mass is 32.1. The third-order valence-corrected chi connectivity index (χ3v) is 3.59. The molecule has 0 spiro atoms. The van der Waals surface area contributed by atoms with Crippen molar-refractivity contribution in [2.45, 2.75) is 13.0 Å². The Morgan fingerprint density at radius 1 is 1.47 bits per heavy atom. The van der Waals surface area contributed by atoms with Crippen LogP contribution in [0.5, 0.6) is 0 Å². The first kappa shape index (κ1) is 12.5. The van der Waals surface area contributed by atoms with Crippen LogP contribution in [0.1, 0.15) is 11.3 Å². The van der Waals surface area contributed by atoms with Gasteiger partial charge < -0.3 is 10.1 Å². The molecule has 0 amide bonds. The van der Waals surface area contributed by atoms with Gasteiger partial charge in [-0.05, 0) is 31.0 Å². The second-order valence-electron chi connectivity index (χ2n) is 4.12. The van der Waals surface area contributed by atoms with E-state index >= 15 is 0 Å². The van der Waals surface area contributed by atoms with Crippen LogP contribution in [0.15, 0.2) is 17.5 Å². The molecule has 1 aliphatic heterocycles. The Bertz CT molecular complexity index is 332. The molecule has 94 valence electrons. The summed E-state index contributed by atoms with van der Waals surface area (Å²) >= 11 is 1.61. The van der Waals surface area contributed by atoms with Crippen molar-refractivity contribution in [3.8, 4) is 0 Å². The Morgan fingerprint density at radius 3 is 3.24 bits per heavy atom. The third-order valence-electron chi connectivity index (χ3n) is 2.74. The number of carbonyl (C=O) groups excluding carboxylic acids is 1. The Labute approximate surface area is 106 Å². The third kappa shape index (κ3) is 4.46. The lowest BCUT2D eigenvalue weighted by Crippen LogP contribution is -2.33. The molecule has 4 nitrogen and oxygen atoms in total. The second-order valence-corrected chi connectivity index (χ2v) is 5.15. The predicted molar refractivity (Wildman–Crippen MR) is 68.0 cm³/mol. The van der Waals surface area contributed by atoms with Crippen molar-refractivity contribution >= 4 is 17.3 Å². The molecule has 0 aromatic carbocycles. The normalized spacial score (nSPS) is 17.6. The van der Waals surface area contributed by atoms with E-state index in [9.17, 15) is 4.79 Å². The first-order valence-electron chi connectivity index (χ1n) is 5.95. The molecule has 1 fully saturated rings. The fraction of sp³-hybridized carbons (Fsp3) is 0.583. The summed E-state index contributed by atoms with van der Waals surface area (Å²) < 4.78 is 5.24. The van der Waals surface area contributed by atoms with Gasteiger partial charge in [-0.15, -0.1) is 11.3 Å². The maximum absolute atomic E-state index is 11.6. The van der Waals surface area contributed by atoms with E-state index in [0.29, 0.717) is 13.2 Å². The van der Waals surface area contributed by atoms with Gasteiger partial charge in [-0.2, -0.15) is 0 Å². The highest BCUT2D eigenvalue weighted by Gasteiger charge is 2.13. The van der Waals surface area contributed by atoms with Gasteiger partial charge in [0, 0.05) is 18.0 Å². The summed E-state index contributed by atoms with van der Waals surface area (Å²) in [6, 6.07) is 3.95. The van der Waals surface area contributed by atoms with Gasteiger partial charge in [-0.3, -0.25) is 9.69 Å². The Hall–Kier alpha value is -0.910. The first-order chi connectivity index (χ1) is 8.34. The summed E-state index contributed by atoms with van der Waals surface area (Å²) in [4.78, 5) is 14.9. The van der Waals surface area contributed by atoms with Gasteiger partial charge in [0.2, 0.25) is 0 Å². The molecule has 2 rings (SSSR count). The molecule has 1 aromatic heterocycles. The fourth-order valence-electron chi connectivity index (χ4n) is 1.83. The largest absolute Gasteiger partial charge is 0.459 e. The lowest BCUT2D eigenvalue weighted by Gasteiger charge is -2.17. The number of esters is 1. The summed E-state index contributed by atoms with van der Waals surface area (Å²) in [5.74, 6) is -0.125. The van der Waals surface area contributed by atoms with Crippen LogP contribution in [0.2, 0.25) is 0 Å². The molecule has 0 saturated carbocycles. The van der Waals surface area contributed by atoms with Crippen LogP contribution in [0.25, 0.3) is 0 Å². The molecule has 5 heteroatoms. The zero-order chi connectivity index (χ0) is 11.9. The van der Waals surface area contributed by atoms with Crippen molar-refractivity contribution in [1.29, 1.82) is 0 Å². The topological polar surface area (TPSA) is 41.6 Å². The van der Waals surface area contributed by atoms with Crippen LogP contribution in [0.4, 0.5) is 0 Å². The van der Waals surface area contributed by atoms with Gasteiger partial charge in [-0.1, -0.05) is 6.07 Å². The van der Waals surface area contributed by atoms with E-state index in [1.54, 1.807) is 11.3 Å². The summed E-state index contributed by atoms with van der Waals surface area (Å²) in [5, 5.41) is 5.30. The van der Waals surface area contributed by atoms with Crippen molar-refractivity contribution in [3.63, 3.8) is 0 Å². The molecule has 1 aromatic rings. The molecule has 2 heterocycles. The number of carbonyl (C=O) groups is 1. The van der Waals surface area contributed by atoms with Gasteiger partial charge in [-0.25, -0.2) is 0 Å². The fourth-order valence-corrected chi connectivity index (χ4v) is 2.45. The van der Waals surface area contributed by atoms with Gasteiger partial charge in [0.25, 0.3) is 0 Å². The Kier molecular flexibility index (Phi) is 4.97. The molecular weight excluding hydrogens is 236 g/mol. The summed E-state index contributed by atoms with van der Waals surface area (Å²) in [6.45, 7) is 4.71. The van der Waals surface area contributed by atoms with E-state index in [1.165, 1.54) is 0 Å². The second kappa shape index (κ2) is 6.74. The summed E-state index contributed by atoms with van der Waals surface area (Å²) in [6.07, 6.45) is 1.10. The molecule has 0 radical (unpaired) electrons. The number of ether oxygens (including phenoxy) is 1. The molecule has 0 unspecified atom stereocenters. The van der Waals surface area contributed by atoms with Crippen molar-refractivity contribution < 1.29 is 9.53 Å². The maximum atomic E-state index is 11.6. The number of nitrogens with one attached hydrogen (secondary N) is 1. The maximum Gasteiger partial charge on any atom is 0.320 e. The van der Waals surface area contributed by atoms with Gasteiger partial charge in [0.15, 0.2) is 0 Å². The van der Waals surface area contributed by atoms with Gasteiger partial charge in [0.05, 0.1) is 6.54 Å². The number of hydrogen-bond donors (Lipinski definition) is 1. The van der Waals surface area contributed by atoms with Crippen LogP contribution in [0, 0.1) is 0 Å². The Morgan fingerprint density at radius 2 is 2.41 bits per heavy atom. The minimum atomic E-state index is -0.125. The predicted octanol–water partition coefficient (Wildman–Crippen LogP) is 1.09. The van der Waals surface area contributed by atoms with E-state index in [1.807, 2.05) is 17.5 Å². The Balaban J connectivity index is 1.69. The van der Waals surface area contributed by atoms with Crippen LogP contribution in [0.3, 0.4) is 0 Å². The van der Waals surface area contributed by atoms with E-state index in [-0.39, 0.29) is 5.97 Å². The molecule has 17 heavy (non-hydrogen) atoms. The first-order valence-corrected chi connectivity index (χ1v) is 6.83. The van der Waals surface area contributed by atoms with E-state index in [2.05, 4.69) is 10.2 Å². The van der Waals surface area contributed by atoms with E-state index < -0.39 is 0 Å².